The van der Waals surface area contributed by atoms with Crippen LogP contribution in [-0.4, -0.2) is 55.0 Å². The van der Waals surface area contributed by atoms with Gasteiger partial charge in [-0.1, -0.05) is 36.4 Å². The van der Waals surface area contributed by atoms with Gasteiger partial charge in [-0.05, 0) is 37.1 Å². The summed E-state index contributed by atoms with van der Waals surface area (Å²) >= 11 is 0. The van der Waals surface area contributed by atoms with E-state index in [0.717, 1.165) is 38.4 Å². The van der Waals surface area contributed by atoms with Crippen molar-refractivity contribution in [3.05, 3.63) is 59.7 Å². The first kappa shape index (κ1) is 19.4. The van der Waals surface area contributed by atoms with Gasteiger partial charge in [-0.2, -0.15) is 0 Å². The Labute approximate surface area is 161 Å². The molecule has 1 fully saturated rings. The van der Waals surface area contributed by atoms with Crippen molar-refractivity contribution in [3.8, 4) is 5.75 Å². The van der Waals surface area contributed by atoms with Gasteiger partial charge < -0.3 is 10.1 Å². The maximum absolute atomic E-state index is 12.7. The molecule has 1 aliphatic heterocycles. The molecule has 1 saturated heterocycles. The highest BCUT2D eigenvalue weighted by Crippen LogP contribution is 2.23. The van der Waals surface area contributed by atoms with Crippen LogP contribution in [0, 0.1) is 6.92 Å². The standard InChI is InChI=1S/C22H29N3O2/c1-17-8-4-5-9-19(17)16-24-12-14-25(15-13-24)18(2)22(26)23-20-10-6-7-11-21(20)27-3/h4-11,18H,12-16H2,1-3H3,(H,23,26)/t18-/m0/s1. The van der Waals surface area contributed by atoms with Gasteiger partial charge in [0.25, 0.3) is 0 Å². The van der Waals surface area contributed by atoms with Gasteiger partial charge in [0.15, 0.2) is 0 Å². The number of para-hydroxylation sites is 2. The highest BCUT2D eigenvalue weighted by Gasteiger charge is 2.26. The summed E-state index contributed by atoms with van der Waals surface area (Å²) in [6, 6.07) is 15.9. The molecule has 0 unspecified atom stereocenters. The van der Waals surface area contributed by atoms with Crippen molar-refractivity contribution >= 4 is 11.6 Å². The molecule has 5 heteroatoms. The normalized spacial score (nSPS) is 16.7. The number of methoxy groups -OCH3 is 1. The van der Waals surface area contributed by atoms with Gasteiger partial charge in [0.1, 0.15) is 5.75 Å². The van der Waals surface area contributed by atoms with Crippen LogP contribution in [-0.2, 0) is 11.3 Å². The number of hydrogen-bond donors (Lipinski definition) is 1. The van der Waals surface area contributed by atoms with Crippen molar-refractivity contribution in [2.75, 3.05) is 38.6 Å². The fourth-order valence-corrected chi connectivity index (χ4v) is 3.49. The number of amides is 1. The Kier molecular flexibility index (Phi) is 6.48. The van der Waals surface area contributed by atoms with Crippen LogP contribution in [0.3, 0.4) is 0 Å². The summed E-state index contributed by atoms with van der Waals surface area (Å²) in [5, 5.41) is 3.00. The van der Waals surface area contributed by atoms with E-state index in [1.54, 1.807) is 7.11 Å². The van der Waals surface area contributed by atoms with E-state index >= 15 is 0 Å². The van der Waals surface area contributed by atoms with Crippen molar-refractivity contribution in [1.29, 1.82) is 0 Å². The number of aryl methyl sites for hydroxylation is 1. The second-order valence-electron chi connectivity index (χ2n) is 7.10. The molecule has 2 aromatic carbocycles. The molecular formula is C22H29N3O2. The van der Waals surface area contributed by atoms with E-state index < -0.39 is 0 Å². The molecular weight excluding hydrogens is 338 g/mol. The molecule has 0 saturated carbocycles. The SMILES string of the molecule is COc1ccccc1NC(=O)[C@H](C)N1CCN(Cc2ccccc2C)CC1. The number of hydrogen-bond acceptors (Lipinski definition) is 4. The molecule has 3 rings (SSSR count). The van der Waals surface area contributed by atoms with Crippen LogP contribution < -0.4 is 10.1 Å². The summed E-state index contributed by atoms with van der Waals surface area (Å²) in [7, 11) is 1.61. The number of carbonyl (C=O) groups is 1. The van der Waals surface area contributed by atoms with Crippen molar-refractivity contribution in [2.45, 2.75) is 26.4 Å². The van der Waals surface area contributed by atoms with E-state index in [2.05, 4.69) is 46.3 Å². The van der Waals surface area contributed by atoms with Crippen LogP contribution in [0.5, 0.6) is 5.75 Å². The molecule has 0 spiro atoms. The molecule has 0 aromatic heterocycles. The number of ether oxygens (including phenoxy) is 1. The molecule has 144 valence electrons. The predicted molar refractivity (Wildman–Crippen MR) is 109 cm³/mol. The Bertz CT molecular complexity index is 770. The average molecular weight is 367 g/mol. The van der Waals surface area contributed by atoms with E-state index in [4.69, 9.17) is 4.74 Å². The lowest BCUT2D eigenvalue weighted by Crippen LogP contribution is -2.52. The van der Waals surface area contributed by atoms with Gasteiger partial charge in [-0.25, -0.2) is 0 Å². The monoisotopic (exact) mass is 367 g/mol. The average Bonchev–Trinajstić information content (AvgIpc) is 2.70. The largest absolute Gasteiger partial charge is 0.495 e. The Balaban J connectivity index is 1.52. The summed E-state index contributed by atoms with van der Waals surface area (Å²) in [5.74, 6) is 0.688. The first-order valence-corrected chi connectivity index (χ1v) is 9.53. The summed E-state index contributed by atoms with van der Waals surface area (Å²) in [6.45, 7) is 8.85. The summed E-state index contributed by atoms with van der Waals surface area (Å²) < 4.78 is 5.32. The first-order valence-electron chi connectivity index (χ1n) is 9.53. The highest BCUT2D eigenvalue weighted by molar-refractivity contribution is 5.95. The zero-order valence-corrected chi connectivity index (χ0v) is 16.4. The number of carbonyl (C=O) groups excluding carboxylic acids is 1. The molecule has 1 aliphatic rings. The number of benzene rings is 2. The quantitative estimate of drug-likeness (QED) is 0.852. The maximum Gasteiger partial charge on any atom is 0.241 e. The zero-order valence-electron chi connectivity index (χ0n) is 16.4. The van der Waals surface area contributed by atoms with Crippen LogP contribution in [0.2, 0.25) is 0 Å². The minimum Gasteiger partial charge on any atom is -0.495 e. The molecule has 1 atom stereocenters. The third-order valence-corrected chi connectivity index (χ3v) is 5.35. The van der Waals surface area contributed by atoms with E-state index in [0.29, 0.717) is 5.75 Å². The second kappa shape index (κ2) is 9.02. The van der Waals surface area contributed by atoms with E-state index in [-0.39, 0.29) is 11.9 Å². The third kappa shape index (κ3) is 4.87. The van der Waals surface area contributed by atoms with Gasteiger partial charge >= 0.3 is 0 Å². The molecule has 0 radical (unpaired) electrons. The summed E-state index contributed by atoms with van der Waals surface area (Å²) in [5.41, 5.74) is 3.44. The smallest absolute Gasteiger partial charge is 0.241 e. The zero-order chi connectivity index (χ0) is 19.2. The van der Waals surface area contributed by atoms with Crippen molar-refractivity contribution in [3.63, 3.8) is 0 Å². The molecule has 27 heavy (non-hydrogen) atoms. The fourth-order valence-electron chi connectivity index (χ4n) is 3.49. The minimum absolute atomic E-state index is 0.00635. The Morgan fingerprint density at radius 2 is 1.74 bits per heavy atom. The van der Waals surface area contributed by atoms with Gasteiger partial charge in [-0.3, -0.25) is 14.6 Å². The van der Waals surface area contributed by atoms with Crippen LogP contribution in [0.15, 0.2) is 48.5 Å². The molecule has 1 amide bonds. The minimum atomic E-state index is -0.171. The van der Waals surface area contributed by atoms with Gasteiger partial charge in [0.2, 0.25) is 5.91 Å². The lowest BCUT2D eigenvalue weighted by molar-refractivity contribution is -0.121. The highest BCUT2D eigenvalue weighted by atomic mass is 16.5. The third-order valence-electron chi connectivity index (χ3n) is 5.35. The lowest BCUT2D eigenvalue weighted by Gasteiger charge is -2.37. The number of nitrogens with one attached hydrogen (secondary N) is 1. The van der Waals surface area contributed by atoms with Crippen molar-refractivity contribution in [1.82, 2.24) is 9.80 Å². The van der Waals surface area contributed by atoms with Gasteiger partial charge in [0, 0.05) is 32.7 Å². The second-order valence-corrected chi connectivity index (χ2v) is 7.10. The Morgan fingerprint density at radius 3 is 2.44 bits per heavy atom. The van der Waals surface area contributed by atoms with Crippen LogP contribution in [0.1, 0.15) is 18.1 Å². The number of piperazine rings is 1. The van der Waals surface area contributed by atoms with Crippen LogP contribution in [0.25, 0.3) is 0 Å². The lowest BCUT2D eigenvalue weighted by atomic mass is 10.1. The van der Waals surface area contributed by atoms with Crippen molar-refractivity contribution < 1.29 is 9.53 Å². The number of rotatable bonds is 6. The Hall–Kier alpha value is -2.37. The molecule has 0 aliphatic carbocycles. The molecule has 1 heterocycles. The molecule has 1 N–H and O–H groups in total. The van der Waals surface area contributed by atoms with Crippen LogP contribution in [0.4, 0.5) is 5.69 Å². The summed E-state index contributed by atoms with van der Waals surface area (Å²) in [6.07, 6.45) is 0. The Morgan fingerprint density at radius 1 is 1.07 bits per heavy atom. The maximum atomic E-state index is 12.7. The first-order chi connectivity index (χ1) is 13.1. The molecule has 0 bridgehead atoms. The van der Waals surface area contributed by atoms with E-state index in [1.165, 1.54) is 11.1 Å². The molecule has 2 aromatic rings. The summed E-state index contributed by atoms with van der Waals surface area (Å²) in [4.78, 5) is 17.4. The number of nitrogens with zero attached hydrogens (tertiary/aromatic N) is 2. The van der Waals surface area contributed by atoms with E-state index in [9.17, 15) is 4.79 Å². The van der Waals surface area contributed by atoms with Crippen LogP contribution >= 0.6 is 0 Å². The number of anilines is 1. The van der Waals surface area contributed by atoms with Crippen molar-refractivity contribution in [2.24, 2.45) is 0 Å². The topological polar surface area (TPSA) is 44.8 Å². The van der Waals surface area contributed by atoms with Gasteiger partial charge in [0.05, 0.1) is 18.8 Å². The fraction of sp³-hybridized carbons (Fsp3) is 0.409. The predicted octanol–water partition coefficient (Wildman–Crippen LogP) is 3.15. The molecule has 5 nitrogen and oxygen atoms in total. The van der Waals surface area contributed by atoms with E-state index in [1.807, 2.05) is 31.2 Å². The van der Waals surface area contributed by atoms with Gasteiger partial charge in [-0.15, -0.1) is 0 Å².